The minimum absolute atomic E-state index is 0.0426. The lowest BCUT2D eigenvalue weighted by Crippen LogP contribution is -2.33. The van der Waals surface area contributed by atoms with Gasteiger partial charge < -0.3 is 14.4 Å². The van der Waals surface area contributed by atoms with Gasteiger partial charge in [0.1, 0.15) is 11.3 Å². The number of carboxylic acids is 1. The van der Waals surface area contributed by atoms with Gasteiger partial charge in [0.15, 0.2) is 0 Å². The summed E-state index contributed by atoms with van der Waals surface area (Å²) in [5, 5.41) is 9.14. The van der Waals surface area contributed by atoms with Crippen LogP contribution in [0.15, 0.2) is 45.9 Å². The Bertz CT molecular complexity index is 755. The van der Waals surface area contributed by atoms with Crippen molar-refractivity contribution in [1.29, 1.82) is 0 Å². The molecule has 1 fully saturated rings. The molecule has 0 saturated carbocycles. The minimum atomic E-state index is -1.00. The third-order valence-electron chi connectivity index (χ3n) is 4.27. The summed E-state index contributed by atoms with van der Waals surface area (Å²) in [4.78, 5) is 26.7. The van der Waals surface area contributed by atoms with Gasteiger partial charge in [-0.3, -0.25) is 4.79 Å². The fourth-order valence-corrected chi connectivity index (χ4v) is 3.94. The molecule has 2 heterocycles. The van der Waals surface area contributed by atoms with Gasteiger partial charge in [0, 0.05) is 17.5 Å². The molecule has 0 aliphatic carbocycles. The molecule has 1 saturated heterocycles. The summed E-state index contributed by atoms with van der Waals surface area (Å²) in [7, 11) is 0. The number of thioether (sulfide) groups is 1. The van der Waals surface area contributed by atoms with Crippen LogP contribution in [0.4, 0.5) is 0 Å². The van der Waals surface area contributed by atoms with Crippen LogP contribution in [0.5, 0.6) is 0 Å². The van der Waals surface area contributed by atoms with Crippen molar-refractivity contribution in [2.45, 2.75) is 36.5 Å². The maximum absolute atomic E-state index is 12.8. The molecule has 2 aromatic rings. The van der Waals surface area contributed by atoms with Crippen LogP contribution in [-0.4, -0.2) is 34.5 Å². The molecule has 5 nitrogen and oxygen atoms in total. The number of amides is 1. The second-order valence-corrected chi connectivity index (χ2v) is 6.85. The molecule has 1 aliphatic heterocycles. The maximum atomic E-state index is 12.8. The third kappa shape index (κ3) is 3.33. The minimum Gasteiger partial charge on any atom is -0.478 e. The van der Waals surface area contributed by atoms with Gasteiger partial charge in [-0.2, -0.15) is 0 Å². The smallest absolute Gasteiger partial charge is 0.339 e. The van der Waals surface area contributed by atoms with Gasteiger partial charge in [-0.25, -0.2) is 4.79 Å². The molecule has 3 rings (SSSR count). The molecule has 1 aromatic carbocycles. The molecule has 6 heteroatoms. The van der Waals surface area contributed by atoms with Crippen molar-refractivity contribution in [3.63, 3.8) is 0 Å². The van der Waals surface area contributed by atoms with E-state index in [9.17, 15) is 9.59 Å². The van der Waals surface area contributed by atoms with E-state index in [1.165, 1.54) is 24.1 Å². The third-order valence-corrected chi connectivity index (χ3v) is 5.34. The monoisotopic (exact) mass is 345 g/mol. The lowest BCUT2D eigenvalue weighted by atomic mass is 10.2. The normalized spacial score (nSPS) is 17.2. The van der Waals surface area contributed by atoms with Crippen molar-refractivity contribution < 1.29 is 19.1 Å². The molecule has 1 atom stereocenters. The molecule has 1 unspecified atom stereocenters. The predicted molar refractivity (Wildman–Crippen MR) is 91.4 cm³/mol. The van der Waals surface area contributed by atoms with E-state index in [0.717, 1.165) is 24.3 Å². The van der Waals surface area contributed by atoms with Crippen LogP contribution in [0.3, 0.4) is 0 Å². The molecule has 1 N–H and O–H groups in total. The largest absolute Gasteiger partial charge is 0.478 e. The number of carbonyl (C=O) groups is 2. The van der Waals surface area contributed by atoms with E-state index in [1.54, 1.807) is 0 Å². The molecular weight excluding hydrogens is 326 g/mol. The van der Waals surface area contributed by atoms with Crippen LogP contribution in [0.1, 0.15) is 46.2 Å². The summed E-state index contributed by atoms with van der Waals surface area (Å²) in [5.74, 6) is -0.186. The average Bonchev–Trinajstić information content (AvgIpc) is 3.21. The number of furan rings is 1. The Hall–Kier alpha value is -2.21. The Morgan fingerprint density at radius 1 is 1.29 bits per heavy atom. The highest BCUT2D eigenvalue weighted by molar-refractivity contribution is 7.98. The fourth-order valence-electron chi connectivity index (χ4n) is 2.95. The highest BCUT2D eigenvalue weighted by Crippen LogP contribution is 2.30. The topological polar surface area (TPSA) is 70.8 Å². The summed E-state index contributed by atoms with van der Waals surface area (Å²) in [6.07, 6.45) is 3.45. The Morgan fingerprint density at radius 3 is 2.79 bits per heavy atom. The number of carboxylic acid groups (broad SMARTS) is 1. The van der Waals surface area contributed by atoms with Crippen molar-refractivity contribution in [3.8, 4) is 0 Å². The molecule has 0 spiro atoms. The summed E-state index contributed by atoms with van der Waals surface area (Å²) in [6, 6.07) is 9.17. The summed E-state index contributed by atoms with van der Waals surface area (Å²) in [6.45, 7) is 2.86. The zero-order valence-corrected chi connectivity index (χ0v) is 14.2. The lowest BCUT2D eigenvalue weighted by molar-refractivity contribution is 0.0693. The second kappa shape index (κ2) is 7.13. The van der Waals surface area contributed by atoms with Gasteiger partial charge in [0.25, 0.3) is 5.91 Å². The van der Waals surface area contributed by atoms with Crippen molar-refractivity contribution in [1.82, 2.24) is 4.90 Å². The number of hydrogen-bond acceptors (Lipinski definition) is 4. The van der Waals surface area contributed by atoms with Crippen LogP contribution >= 0.6 is 11.8 Å². The Kier molecular flexibility index (Phi) is 4.94. The first-order valence-electron chi connectivity index (χ1n) is 7.90. The number of aromatic carboxylic acids is 1. The highest BCUT2D eigenvalue weighted by Gasteiger charge is 2.27. The summed E-state index contributed by atoms with van der Waals surface area (Å²) >= 11 is 1.42. The number of rotatable bonds is 5. The highest BCUT2D eigenvalue weighted by atomic mass is 32.2. The molecule has 24 heavy (non-hydrogen) atoms. The van der Waals surface area contributed by atoms with E-state index in [-0.39, 0.29) is 17.5 Å². The van der Waals surface area contributed by atoms with Crippen LogP contribution in [-0.2, 0) is 5.75 Å². The SMILES string of the molecule is CC1CCCN1C(=O)c1ccccc1SCc1occc1C(=O)O. The molecule has 1 aliphatic rings. The van der Waals surface area contributed by atoms with E-state index in [4.69, 9.17) is 9.52 Å². The van der Waals surface area contributed by atoms with Gasteiger partial charge >= 0.3 is 5.97 Å². The first kappa shape index (κ1) is 16.6. The standard InChI is InChI=1S/C18H19NO4S/c1-12-5-4-9-19(12)17(20)14-6-2-3-7-16(14)24-11-15-13(18(21)22)8-10-23-15/h2-3,6-8,10,12H,4-5,9,11H2,1H3,(H,21,22). The van der Waals surface area contributed by atoms with Gasteiger partial charge in [0.2, 0.25) is 0 Å². The number of nitrogens with zero attached hydrogens (tertiary/aromatic N) is 1. The van der Waals surface area contributed by atoms with Crippen LogP contribution in [0.25, 0.3) is 0 Å². The van der Waals surface area contributed by atoms with E-state index >= 15 is 0 Å². The quantitative estimate of drug-likeness (QED) is 0.832. The van der Waals surface area contributed by atoms with Gasteiger partial charge in [-0.1, -0.05) is 12.1 Å². The van der Waals surface area contributed by atoms with Crippen LogP contribution in [0.2, 0.25) is 0 Å². The summed E-state index contributed by atoms with van der Waals surface area (Å²) < 4.78 is 5.27. The summed E-state index contributed by atoms with van der Waals surface area (Å²) in [5.41, 5.74) is 0.833. The van der Waals surface area contributed by atoms with Crippen molar-refractivity contribution in [2.75, 3.05) is 6.54 Å². The van der Waals surface area contributed by atoms with Crippen LogP contribution in [0, 0.1) is 0 Å². The van der Waals surface area contributed by atoms with E-state index in [1.807, 2.05) is 29.2 Å². The Morgan fingerprint density at radius 2 is 2.08 bits per heavy atom. The van der Waals surface area contributed by atoms with Gasteiger partial charge in [0.05, 0.1) is 17.6 Å². The lowest BCUT2D eigenvalue weighted by Gasteiger charge is -2.22. The van der Waals surface area contributed by atoms with Crippen molar-refractivity contribution in [2.24, 2.45) is 0 Å². The Labute approximate surface area is 144 Å². The molecular formula is C18H19NO4S. The first-order chi connectivity index (χ1) is 11.6. The first-order valence-corrected chi connectivity index (χ1v) is 8.89. The number of benzene rings is 1. The average molecular weight is 345 g/mol. The zero-order chi connectivity index (χ0) is 17.1. The van der Waals surface area contributed by atoms with E-state index in [0.29, 0.717) is 17.1 Å². The van der Waals surface area contributed by atoms with E-state index < -0.39 is 5.97 Å². The van der Waals surface area contributed by atoms with E-state index in [2.05, 4.69) is 6.92 Å². The fraction of sp³-hybridized carbons (Fsp3) is 0.333. The predicted octanol–water partition coefficient (Wildman–Crippen LogP) is 3.89. The van der Waals surface area contributed by atoms with Crippen LogP contribution < -0.4 is 0 Å². The zero-order valence-electron chi connectivity index (χ0n) is 13.4. The molecule has 0 bridgehead atoms. The number of hydrogen-bond donors (Lipinski definition) is 1. The molecule has 1 aromatic heterocycles. The van der Waals surface area contributed by atoms with Crippen molar-refractivity contribution >= 4 is 23.6 Å². The van der Waals surface area contributed by atoms with Gasteiger partial charge in [-0.05, 0) is 38.0 Å². The number of carbonyl (C=O) groups excluding carboxylic acids is 1. The molecule has 1 amide bonds. The molecule has 0 radical (unpaired) electrons. The maximum Gasteiger partial charge on any atom is 0.339 e. The molecule has 126 valence electrons. The number of likely N-dealkylation sites (tertiary alicyclic amines) is 1. The Balaban J connectivity index is 1.78. The van der Waals surface area contributed by atoms with Gasteiger partial charge in [-0.15, -0.1) is 11.8 Å². The second-order valence-electron chi connectivity index (χ2n) is 5.84. The van der Waals surface area contributed by atoms with Crippen molar-refractivity contribution in [3.05, 3.63) is 53.5 Å².